The maximum Gasteiger partial charge on any atom is 0.408 e. The monoisotopic (exact) mass is 1450 g/mol. The quantitative estimate of drug-likeness (QED) is 0.00892. The number of carbonyl (C=O) groups is 10. The Morgan fingerprint density at radius 1 is 0.619 bits per heavy atom. The first-order valence-electron chi connectivity index (χ1n) is 34.7. The number of benzene rings is 5. The first-order valence-corrected chi connectivity index (χ1v) is 34.7. The van der Waals surface area contributed by atoms with Gasteiger partial charge in [0.05, 0.1) is 40.9 Å². The molecule has 1 aliphatic heterocycles. The molecule has 0 bridgehead atoms. The smallest absolute Gasteiger partial charge is 0.408 e. The van der Waals surface area contributed by atoms with Crippen LogP contribution in [0.3, 0.4) is 0 Å². The standard InChI is InChI=1S/C75H92N12O18/c1-10-48(6)66(82-69(92)61-27-20-34-85(61)72(95)58(39-64(89)103-43-51-23-16-12-17-24-51)80-71(94)65(47(4)5)83-74(97)105-75(7,8)9)70(93)76-40-63(88)78-57(37-53-41-84(45-77-53)60-33-30-54(86(98)99)38-62(60)87(100)101)68(91)79-56(35-46(2)3)67(90)81-59(73(96)104-44-52-25-18-13-19-26-52)36-49-28-31-55(32-29-49)102-42-50-21-14-11-15-22-50/h11-19,21-26,28-33,38,41,45-48,56-59,61,65-66H,10,20,27,34-37,39-40,42-44H2,1-9H3,(H,76,93)(H,78,88)(H,79,91)(H,80,94)(H,81,90)(H,82,92)(H,83,97)/t48-,56-,57-,58-,59-,61-,65-,66-/m0/s1. The van der Waals surface area contributed by atoms with Crippen LogP contribution in [0.25, 0.3) is 5.69 Å². The van der Waals surface area contributed by atoms with Gasteiger partial charge in [0.2, 0.25) is 41.4 Å². The van der Waals surface area contributed by atoms with E-state index in [1.807, 2.05) is 30.3 Å². The molecule has 105 heavy (non-hydrogen) atoms. The highest BCUT2D eigenvalue weighted by molar-refractivity contribution is 5.98. The fourth-order valence-electron chi connectivity index (χ4n) is 11.3. The van der Waals surface area contributed by atoms with E-state index in [1.165, 1.54) is 15.7 Å². The molecule has 1 fully saturated rings. The average molecular weight is 1450 g/mol. The van der Waals surface area contributed by atoms with Crippen molar-refractivity contribution in [1.29, 1.82) is 0 Å². The lowest BCUT2D eigenvalue weighted by molar-refractivity contribution is -0.394. The number of carbonyl (C=O) groups excluding carboxylic acids is 10. The van der Waals surface area contributed by atoms with Crippen molar-refractivity contribution in [3.8, 4) is 11.4 Å². The molecule has 1 aliphatic rings. The zero-order chi connectivity index (χ0) is 76.5. The number of amides is 8. The summed E-state index contributed by atoms with van der Waals surface area (Å²) in [5.74, 6) is -8.55. The molecule has 0 saturated carbocycles. The first-order chi connectivity index (χ1) is 49.9. The van der Waals surface area contributed by atoms with Gasteiger partial charge in [0.1, 0.15) is 79.2 Å². The van der Waals surface area contributed by atoms with Gasteiger partial charge in [-0.25, -0.2) is 14.6 Å². The molecular weight excluding hydrogens is 1360 g/mol. The first kappa shape index (κ1) is 80.7. The number of nitro groups is 2. The van der Waals surface area contributed by atoms with Gasteiger partial charge < -0.3 is 61.1 Å². The van der Waals surface area contributed by atoms with Gasteiger partial charge in [0, 0.05) is 31.6 Å². The minimum Gasteiger partial charge on any atom is -0.489 e. The SMILES string of the molecule is CC[C@H](C)[C@H](NC(=O)[C@@H]1CCCN1C(=O)[C@H](CC(=O)OCc1ccccc1)NC(=O)[C@@H](NC(=O)OC(C)(C)C)C(C)C)C(=O)NCC(=O)N[C@@H](Cc1cn(-c2ccc([N+](=O)[O-])cc2[N+](=O)[O-])cn1)C(=O)N[C@@H](CC(C)C)C(=O)N[C@@H](Cc1ccc(OCc2ccccc2)cc1)C(=O)OCc1ccccc1. The highest BCUT2D eigenvalue weighted by Gasteiger charge is 2.42. The number of likely N-dealkylation sites (tertiary alicyclic amines) is 1. The largest absolute Gasteiger partial charge is 0.489 e. The van der Waals surface area contributed by atoms with E-state index < -0.39 is 160 Å². The highest BCUT2D eigenvalue weighted by atomic mass is 16.6. The molecule has 30 heteroatoms. The molecule has 1 saturated heterocycles. The molecular formula is C75H92N12O18. The Bertz CT molecular complexity index is 4000. The third-order valence-corrected chi connectivity index (χ3v) is 17.0. The molecule has 7 rings (SSSR count). The van der Waals surface area contributed by atoms with Gasteiger partial charge in [-0.1, -0.05) is 151 Å². The number of nitrogens with zero attached hydrogens (tertiary/aromatic N) is 5. The fourth-order valence-corrected chi connectivity index (χ4v) is 11.3. The van der Waals surface area contributed by atoms with Crippen LogP contribution in [0.5, 0.6) is 5.75 Å². The van der Waals surface area contributed by atoms with E-state index in [0.717, 1.165) is 30.1 Å². The zero-order valence-electron chi connectivity index (χ0n) is 60.2. The van der Waals surface area contributed by atoms with E-state index in [2.05, 4.69) is 42.2 Å². The summed E-state index contributed by atoms with van der Waals surface area (Å²) in [5.41, 5.74) is 0.650. The van der Waals surface area contributed by atoms with Crippen LogP contribution in [0.1, 0.15) is 122 Å². The van der Waals surface area contributed by atoms with E-state index in [9.17, 15) is 68.2 Å². The zero-order valence-corrected chi connectivity index (χ0v) is 60.2. The Labute approximate surface area is 608 Å². The normalized spacial score (nSPS) is 14.7. The summed E-state index contributed by atoms with van der Waals surface area (Å²) >= 11 is 0. The van der Waals surface area contributed by atoms with Crippen molar-refractivity contribution in [2.75, 3.05) is 13.1 Å². The van der Waals surface area contributed by atoms with Crippen molar-refractivity contribution >= 4 is 70.8 Å². The minimum atomic E-state index is -1.63. The maximum atomic E-state index is 14.9. The molecule has 0 radical (unpaired) electrons. The van der Waals surface area contributed by atoms with Crippen LogP contribution in [0.2, 0.25) is 0 Å². The van der Waals surface area contributed by atoms with E-state index >= 15 is 0 Å². The number of rotatable bonds is 36. The molecule has 8 atom stereocenters. The summed E-state index contributed by atoms with van der Waals surface area (Å²) < 4.78 is 23.8. The number of hydrogen-bond donors (Lipinski definition) is 7. The van der Waals surface area contributed by atoms with Crippen LogP contribution in [0, 0.1) is 38.0 Å². The van der Waals surface area contributed by atoms with Crippen molar-refractivity contribution in [2.24, 2.45) is 17.8 Å². The lowest BCUT2D eigenvalue weighted by atomic mass is 9.97. The van der Waals surface area contributed by atoms with Crippen LogP contribution < -0.4 is 42.0 Å². The Morgan fingerprint density at radius 2 is 1.21 bits per heavy atom. The predicted molar refractivity (Wildman–Crippen MR) is 383 cm³/mol. The summed E-state index contributed by atoms with van der Waals surface area (Å²) in [7, 11) is 0. The number of alkyl carbamates (subject to hydrolysis) is 1. The van der Waals surface area contributed by atoms with Crippen molar-refractivity contribution in [3.05, 3.63) is 194 Å². The average Bonchev–Trinajstić information content (AvgIpc) is 1.80. The Hall–Kier alpha value is -11.6. The third-order valence-electron chi connectivity index (χ3n) is 17.0. The maximum absolute atomic E-state index is 14.9. The van der Waals surface area contributed by atoms with Crippen molar-refractivity contribution in [1.82, 2.24) is 51.7 Å². The number of aromatic nitrogens is 2. The minimum absolute atomic E-state index is 0.00372. The van der Waals surface area contributed by atoms with Crippen LogP contribution >= 0.6 is 0 Å². The summed E-state index contributed by atoms with van der Waals surface area (Å²) in [6, 6.07) is 27.3. The molecule has 1 aromatic heterocycles. The number of nitro benzene ring substituents is 2. The summed E-state index contributed by atoms with van der Waals surface area (Å²) in [4.78, 5) is 170. The van der Waals surface area contributed by atoms with Gasteiger partial charge in [0.15, 0.2) is 0 Å². The highest BCUT2D eigenvalue weighted by Crippen LogP contribution is 2.29. The molecule has 2 heterocycles. The number of nitrogens with one attached hydrogen (secondary N) is 7. The van der Waals surface area contributed by atoms with Crippen LogP contribution in [0.15, 0.2) is 146 Å². The third kappa shape index (κ3) is 25.1. The molecule has 0 aliphatic carbocycles. The van der Waals surface area contributed by atoms with E-state index in [-0.39, 0.29) is 56.3 Å². The van der Waals surface area contributed by atoms with Crippen molar-refractivity contribution in [2.45, 2.75) is 175 Å². The molecule has 8 amide bonds. The lowest BCUT2D eigenvalue weighted by Gasteiger charge is -2.31. The fraction of sp³-hybridized carbons (Fsp3) is 0.427. The molecule has 7 N–H and O–H groups in total. The number of non-ortho nitro benzene ring substituents is 1. The van der Waals surface area contributed by atoms with Gasteiger partial charge in [-0.3, -0.25) is 63.2 Å². The van der Waals surface area contributed by atoms with Gasteiger partial charge in [-0.2, -0.15) is 0 Å². The predicted octanol–water partition coefficient (Wildman–Crippen LogP) is 7.10. The number of esters is 2. The molecule has 5 aromatic carbocycles. The Kier molecular flexibility index (Phi) is 29.7. The Morgan fingerprint density at radius 3 is 1.79 bits per heavy atom. The topological polar surface area (TPSA) is 399 Å². The Balaban J connectivity index is 1.10. The lowest BCUT2D eigenvalue weighted by Crippen LogP contribution is -2.60. The van der Waals surface area contributed by atoms with E-state index in [4.69, 9.17) is 18.9 Å². The summed E-state index contributed by atoms with van der Waals surface area (Å²) in [5, 5.41) is 42.4. The number of ether oxygens (including phenoxy) is 4. The summed E-state index contributed by atoms with van der Waals surface area (Å²) in [6.45, 7) is 14.4. The second kappa shape index (κ2) is 38.6. The van der Waals surface area contributed by atoms with Gasteiger partial charge in [-0.05, 0) is 98.2 Å². The van der Waals surface area contributed by atoms with Crippen molar-refractivity contribution < 1.29 is 76.7 Å². The second-order valence-electron chi connectivity index (χ2n) is 27.3. The van der Waals surface area contributed by atoms with E-state index in [1.54, 1.807) is 147 Å². The number of imidazole rings is 1. The number of hydrogen-bond acceptors (Lipinski definition) is 19. The van der Waals surface area contributed by atoms with Gasteiger partial charge >= 0.3 is 18.0 Å². The molecule has 560 valence electrons. The summed E-state index contributed by atoms with van der Waals surface area (Å²) in [6.07, 6.45) is 1.03. The molecule has 0 unspecified atom stereocenters. The van der Waals surface area contributed by atoms with Crippen LogP contribution in [0.4, 0.5) is 16.2 Å². The molecule has 30 nitrogen and oxygen atoms in total. The molecule has 6 aromatic rings. The van der Waals surface area contributed by atoms with Crippen LogP contribution in [-0.2, 0) is 90.0 Å². The van der Waals surface area contributed by atoms with Crippen molar-refractivity contribution in [3.63, 3.8) is 0 Å². The molecule has 0 spiro atoms. The van der Waals surface area contributed by atoms with E-state index in [0.29, 0.717) is 41.9 Å². The van der Waals surface area contributed by atoms with Crippen LogP contribution in [-0.4, -0.2) is 145 Å². The second-order valence-corrected chi connectivity index (χ2v) is 27.3. The van der Waals surface area contributed by atoms with Gasteiger partial charge in [-0.15, -0.1) is 0 Å². The van der Waals surface area contributed by atoms with Gasteiger partial charge in [0.25, 0.3) is 11.4 Å².